The highest BCUT2D eigenvalue weighted by Crippen LogP contribution is 2.22. The number of carbonyl (C=O) groups is 2. The van der Waals surface area contributed by atoms with E-state index in [-0.39, 0.29) is 24.3 Å². The Morgan fingerprint density at radius 2 is 2.10 bits per heavy atom. The van der Waals surface area contributed by atoms with Gasteiger partial charge in [-0.15, -0.1) is 0 Å². The first-order chi connectivity index (χ1) is 10.1. The number of carbonyl (C=O) groups excluding carboxylic acids is 2. The normalized spacial score (nSPS) is 21.0. The van der Waals surface area contributed by atoms with Crippen molar-refractivity contribution in [2.75, 3.05) is 18.9 Å². The summed E-state index contributed by atoms with van der Waals surface area (Å²) >= 11 is 0. The van der Waals surface area contributed by atoms with Gasteiger partial charge >= 0.3 is 0 Å². The molecule has 2 rings (SSSR count). The lowest BCUT2D eigenvalue weighted by Gasteiger charge is -2.15. The number of anilines is 1. The molecule has 0 radical (unpaired) electrons. The van der Waals surface area contributed by atoms with Gasteiger partial charge in [-0.1, -0.05) is 18.2 Å². The largest absolute Gasteiger partial charge is 0.364 e. The lowest BCUT2D eigenvalue weighted by atomic mass is 10.1. The molecule has 0 bridgehead atoms. The van der Waals surface area contributed by atoms with Gasteiger partial charge in [0.15, 0.2) is 0 Å². The molecular formula is C15H21N3O3. The zero-order valence-corrected chi connectivity index (χ0v) is 12.1. The number of amides is 2. The molecule has 0 spiro atoms. The number of nitrogens with two attached hydrogens (primary N) is 1. The second-order valence-corrected chi connectivity index (χ2v) is 5.06. The zero-order chi connectivity index (χ0) is 15.2. The van der Waals surface area contributed by atoms with Crippen molar-refractivity contribution in [2.45, 2.75) is 31.5 Å². The van der Waals surface area contributed by atoms with E-state index in [1.54, 1.807) is 13.1 Å². The molecule has 114 valence electrons. The number of ether oxygens (including phenoxy) is 1. The molecule has 0 saturated carbocycles. The van der Waals surface area contributed by atoms with Gasteiger partial charge in [-0.3, -0.25) is 9.59 Å². The molecule has 6 heteroatoms. The Bertz CT molecular complexity index is 519. The Kier molecular flexibility index (Phi) is 5.30. The predicted molar refractivity (Wildman–Crippen MR) is 79.8 cm³/mol. The van der Waals surface area contributed by atoms with Crippen molar-refractivity contribution < 1.29 is 14.3 Å². The molecule has 1 aliphatic heterocycles. The zero-order valence-electron chi connectivity index (χ0n) is 12.1. The first-order valence-electron chi connectivity index (χ1n) is 7.09. The maximum absolute atomic E-state index is 12.2. The van der Waals surface area contributed by atoms with E-state index in [9.17, 15) is 9.59 Å². The summed E-state index contributed by atoms with van der Waals surface area (Å²) in [6.45, 7) is 0.428. The minimum atomic E-state index is -0.466. The van der Waals surface area contributed by atoms with Crippen LogP contribution >= 0.6 is 0 Å². The van der Waals surface area contributed by atoms with Crippen LogP contribution in [0.5, 0.6) is 0 Å². The van der Waals surface area contributed by atoms with Crippen molar-refractivity contribution in [2.24, 2.45) is 5.73 Å². The van der Waals surface area contributed by atoms with E-state index >= 15 is 0 Å². The first-order valence-corrected chi connectivity index (χ1v) is 7.09. The molecule has 1 aliphatic rings. The van der Waals surface area contributed by atoms with Crippen LogP contribution in [0.4, 0.5) is 5.69 Å². The summed E-state index contributed by atoms with van der Waals surface area (Å²) < 4.78 is 5.57. The van der Waals surface area contributed by atoms with E-state index in [1.807, 2.05) is 18.2 Å². The third-order valence-electron chi connectivity index (χ3n) is 3.57. The smallest absolute Gasteiger partial charge is 0.253 e. The summed E-state index contributed by atoms with van der Waals surface area (Å²) in [5.41, 5.74) is 6.96. The Morgan fingerprint density at radius 1 is 1.33 bits per heavy atom. The van der Waals surface area contributed by atoms with Gasteiger partial charge in [-0.25, -0.2) is 0 Å². The quantitative estimate of drug-likeness (QED) is 0.733. The summed E-state index contributed by atoms with van der Waals surface area (Å²) in [6, 6.07) is 7.26. The SMILES string of the molecule is CNC(=O)Cc1ccccc1NC(=O)C1CCC(CN)O1. The minimum Gasteiger partial charge on any atom is -0.364 e. The van der Waals surface area contributed by atoms with Crippen molar-refractivity contribution in [1.29, 1.82) is 0 Å². The molecule has 0 aromatic heterocycles. The maximum Gasteiger partial charge on any atom is 0.253 e. The number of benzene rings is 1. The Balaban J connectivity index is 2.02. The number of nitrogens with one attached hydrogen (secondary N) is 2. The molecule has 2 unspecified atom stereocenters. The Hall–Kier alpha value is -1.92. The first kappa shape index (κ1) is 15.5. The fourth-order valence-corrected chi connectivity index (χ4v) is 2.34. The van der Waals surface area contributed by atoms with Crippen LogP contribution in [0, 0.1) is 0 Å². The fraction of sp³-hybridized carbons (Fsp3) is 0.467. The highest BCUT2D eigenvalue weighted by molar-refractivity contribution is 5.95. The molecule has 21 heavy (non-hydrogen) atoms. The Morgan fingerprint density at radius 3 is 2.76 bits per heavy atom. The van der Waals surface area contributed by atoms with Crippen molar-refractivity contribution in [3.05, 3.63) is 29.8 Å². The summed E-state index contributed by atoms with van der Waals surface area (Å²) in [7, 11) is 1.59. The van der Waals surface area contributed by atoms with Crippen LogP contribution in [0.15, 0.2) is 24.3 Å². The van der Waals surface area contributed by atoms with Crippen molar-refractivity contribution in [1.82, 2.24) is 5.32 Å². The Labute approximate surface area is 124 Å². The molecule has 4 N–H and O–H groups in total. The molecule has 1 heterocycles. The van der Waals surface area contributed by atoms with E-state index in [1.165, 1.54) is 0 Å². The second-order valence-electron chi connectivity index (χ2n) is 5.06. The third kappa shape index (κ3) is 4.03. The molecule has 2 amide bonds. The molecule has 2 atom stereocenters. The van der Waals surface area contributed by atoms with Gasteiger partial charge < -0.3 is 21.1 Å². The van der Waals surface area contributed by atoms with Gasteiger partial charge in [0.05, 0.1) is 12.5 Å². The summed E-state index contributed by atoms with van der Waals surface area (Å²) in [6.07, 6.45) is 1.19. The fourth-order valence-electron chi connectivity index (χ4n) is 2.34. The molecule has 1 aromatic rings. The van der Waals surface area contributed by atoms with Gasteiger partial charge in [-0.05, 0) is 24.5 Å². The summed E-state index contributed by atoms with van der Waals surface area (Å²) in [4.78, 5) is 23.7. The topological polar surface area (TPSA) is 93.5 Å². The van der Waals surface area contributed by atoms with E-state index in [0.717, 1.165) is 12.0 Å². The average molecular weight is 291 g/mol. The van der Waals surface area contributed by atoms with Gasteiger partial charge in [0.25, 0.3) is 5.91 Å². The van der Waals surface area contributed by atoms with Crippen molar-refractivity contribution in [3.8, 4) is 0 Å². The average Bonchev–Trinajstić information content (AvgIpc) is 2.98. The molecule has 1 saturated heterocycles. The van der Waals surface area contributed by atoms with Crippen LogP contribution in [0.25, 0.3) is 0 Å². The van der Waals surface area contributed by atoms with Crippen molar-refractivity contribution in [3.63, 3.8) is 0 Å². The van der Waals surface area contributed by atoms with E-state index in [0.29, 0.717) is 18.7 Å². The van der Waals surface area contributed by atoms with Gasteiger partial charge in [0.1, 0.15) is 6.10 Å². The minimum absolute atomic E-state index is 0.0399. The second kappa shape index (κ2) is 7.19. The molecule has 0 aliphatic carbocycles. The van der Waals surface area contributed by atoms with E-state index in [2.05, 4.69) is 10.6 Å². The monoisotopic (exact) mass is 291 g/mol. The van der Waals surface area contributed by atoms with Crippen LogP contribution in [-0.4, -0.2) is 37.6 Å². The lowest BCUT2D eigenvalue weighted by molar-refractivity contribution is -0.126. The van der Waals surface area contributed by atoms with Crippen LogP contribution in [0.3, 0.4) is 0 Å². The highest BCUT2D eigenvalue weighted by atomic mass is 16.5. The number of hydrogen-bond donors (Lipinski definition) is 3. The molecule has 1 aromatic carbocycles. The van der Waals surface area contributed by atoms with Gasteiger partial charge in [0.2, 0.25) is 5.91 Å². The summed E-state index contributed by atoms with van der Waals surface area (Å²) in [5.74, 6) is -0.285. The number of likely N-dealkylation sites (N-methyl/N-ethyl adjacent to an activating group) is 1. The van der Waals surface area contributed by atoms with Gasteiger partial charge in [0, 0.05) is 19.3 Å². The van der Waals surface area contributed by atoms with Crippen LogP contribution in [-0.2, 0) is 20.7 Å². The molecular weight excluding hydrogens is 270 g/mol. The van der Waals surface area contributed by atoms with Crippen LogP contribution in [0.2, 0.25) is 0 Å². The van der Waals surface area contributed by atoms with E-state index < -0.39 is 6.10 Å². The lowest BCUT2D eigenvalue weighted by Crippen LogP contribution is -2.30. The highest BCUT2D eigenvalue weighted by Gasteiger charge is 2.30. The molecule has 1 fully saturated rings. The number of hydrogen-bond acceptors (Lipinski definition) is 4. The van der Waals surface area contributed by atoms with Crippen LogP contribution in [0.1, 0.15) is 18.4 Å². The van der Waals surface area contributed by atoms with Crippen molar-refractivity contribution >= 4 is 17.5 Å². The van der Waals surface area contributed by atoms with E-state index in [4.69, 9.17) is 10.5 Å². The predicted octanol–water partition coefficient (Wildman–Crippen LogP) is 0.420. The number of para-hydroxylation sites is 1. The van der Waals surface area contributed by atoms with Crippen LogP contribution < -0.4 is 16.4 Å². The summed E-state index contributed by atoms with van der Waals surface area (Å²) in [5, 5.41) is 5.41. The van der Waals surface area contributed by atoms with Gasteiger partial charge in [-0.2, -0.15) is 0 Å². The molecule has 6 nitrogen and oxygen atoms in total. The number of rotatable bonds is 5. The third-order valence-corrected chi connectivity index (χ3v) is 3.57. The standard InChI is InChI=1S/C15H21N3O3/c1-17-14(19)8-10-4-2-3-5-12(10)18-15(20)13-7-6-11(9-16)21-13/h2-5,11,13H,6-9,16H2,1H3,(H,17,19)(H,18,20). The maximum atomic E-state index is 12.2.